The van der Waals surface area contributed by atoms with E-state index in [9.17, 15) is 0 Å². The van der Waals surface area contributed by atoms with E-state index < -0.39 is 0 Å². The van der Waals surface area contributed by atoms with Crippen molar-refractivity contribution in [3.63, 3.8) is 0 Å². The molecule has 1 saturated heterocycles. The molecule has 0 aliphatic carbocycles. The van der Waals surface area contributed by atoms with E-state index in [1.807, 2.05) is 0 Å². The Hall–Kier alpha value is -1.22. The number of hydrogen-bond donors (Lipinski definition) is 0. The van der Waals surface area contributed by atoms with E-state index in [0.717, 1.165) is 30.5 Å². The number of benzene rings is 1. The minimum absolute atomic E-state index is 0.751. The standard InChI is InChI=1S/C14H19NO2/c1-16-13-7-10-6-12-4-3-5-15(12)9-11(10)8-14(13)17-2/h7-8,12H,3-6,9H2,1-2H3. The van der Waals surface area contributed by atoms with Gasteiger partial charge < -0.3 is 9.47 Å². The Morgan fingerprint density at radius 1 is 1.12 bits per heavy atom. The molecule has 2 aliphatic heterocycles. The van der Waals surface area contributed by atoms with Crippen LogP contribution in [0.4, 0.5) is 0 Å². The molecular formula is C14H19NO2. The Morgan fingerprint density at radius 2 is 1.82 bits per heavy atom. The summed E-state index contributed by atoms with van der Waals surface area (Å²) in [4.78, 5) is 2.59. The largest absolute Gasteiger partial charge is 0.493 e. The minimum atomic E-state index is 0.751. The fourth-order valence-corrected chi connectivity index (χ4v) is 3.11. The van der Waals surface area contributed by atoms with Gasteiger partial charge in [-0.2, -0.15) is 0 Å². The number of fused-ring (bicyclic) bond motifs is 2. The van der Waals surface area contributed by atoms with E-state index in [1.54, 1.807) is 14.2 Å². The monoisotopic (exact) mass is 233 g/mol. The van der Waals surface area contributed by atoms with Crippen molar-refractivity contribution < 1.29 is 9.47 Å². The number of methoxy groups -OCH3 is 2. The average molecular weight is 233 g/mol. The van der Waals surface area contributed by atoms with Gasteiger partial charge in [-0.15, -0.1) is 0 Å². The lowest BCUT2D eigenvalue weighted by Crippen LogP contribution is -2.35. The molecule has 1 aromatic carbocycles. The average Bonchev–Trinajstić information content (AvgIpc) is 2.81. The number of hydrogen-bond acceptors (Lipinski definition) is 3. The molecule has 0 amide bonds. The molecule has 3 nitrogen and oxygen atoms in total. The van der Waals surface area contributed by atoms with E-state index in [2.05, 4.69) is 17.0 Å². The molecule has 3 heteroatoms. The third-order valence-corrected chi connectivity index (χ3v) is 4.03. The lowest BCUT2D eigenvalue weighted by atomic mass is 9.94. The van der Waals surface area contributed by atoms with Crippen LogP contribution in [0.5, 0.6) is 11.5 Å². The molecule has 0 saturated carbocycles. The Kier molecular flexibility index (Phi) is 2.71. The van der Waals surface area contributed by atoms with Crippen LogP contribution in [0.15, 0.2) is 12.1 Å². The van der Waals surface area contributed by atoms with Gasteiger partial charge in [0.25, 0.3) is 0 Å². The molecule has 92 valence electrons. The lowest BCUT2D eigenvalue weighted by molar-refractivity contribution is 0.226. The summed E-state index contributed by atoms with van der Waals surface area (Å²) in [6.45, 7) is 2.32. The number of nitrogens with zero attached hydrogens (tertiary/aromatic N) is 1. The topological polar surface area (TPSA) is 21.7 Å². The second-order valence-electron chi connectivity index (χ2n) is 4.95. The first-order chi connectivity index (χ1) is 8.31. The summed E-state index contributed by atoms with van der Waals surface area (Å²) in [5, 5.41) is 0. The molecule has 0 radical (unpaired) electrons. The normalized spacial score (nSPS) is 23.1. The van der Waals surface area contributed by atoms with Crippen LogP contribution in [0.1, 0.15) is 24.0 Å². The van der Waals surface area contributed by atoms with Gasteiger partial charge in [0.1, 0.15) is 0 Å². The van der Waals surface area contributed by atoms with Gasteiger partial charge in [0.2, 0.25) is 0 Å². The fourth-order valence-electron chi connectivity index (χ4n) is 3.11. The summed E-state index contributed by atoms with van der Waals surface area (Å²) in [7, 11) is 3.40. The van der Waals surface area contributed by atoms with Crippen molar-refractivity contribution in [3.8, 4) is 11.5 Å². The van der Waals surface area contributed by atoms with Gasteiger partial charge in [0.05, 0.1) is 14.2 Å². The molecule has 0 bridgehead atoms. The van der Waals surface area contributed by atoms with Gasteiger partial charge >= 0.3 is 0 Å². The van der Waals surface area contributed by atoms with Gasteiger partial charge in [-0.05, 0) is 49.1 Å². The van der Waals surface area contributed by atoms with Crippen LogP contribution in [0.25, 0.3) is 0 Å². The number of ether oxygens (including phenoxy) is 2. The zero-order chi connectivity index (χ0) is 11.8. The summed E-state index contributed by atoms with van der Waals surface area (Å²) in [5.41, 5.74) is 2.84. The third-order valence-electron chi connectivity index (χ3n) is 4.03. The summed E-state index contributed by atoms with van der Waals surface area (Å²) >= 11 is 0. The van der Waals surface area contributed by atoms with Crippen molar-refractivity contribution in [1.82, 2.24) is 4.90 Å². The summed E-state index contributed by atoms with van der Waals surface area (Å²) in [6.07, 6.45) is 3.84. The highest BCUT2D eigenvalue weighted by Gasteiger charge is 2.30. The van der Waals surface area contributed by atoms with Gasteiger partial charge in [-0.1, -0.05) is 0 Å². The van der Waals surface area contributed by atoms with Crippen LogP contribution in [-0.4, -0.2) is 31.7 Å². The Labute approximate surface area is 102 Å². The third kappa shape index (κ3) is 1.78. The summed E-state index contributed by atoms with van der Waals surface area (Å²) < 4.78 is 10.7. The predicted octanol–water partition coefficient (Wildman–Crippen LogP) is 2.22. The van der Waals surface area contributed by atoms with Crippen molar-refractivity contribution >= 4 is 0 Å². The first kappa shape index (κ1) is 10.9. The predicted molar refractivity (Wildman–Crippen MR) is 66.7 cm³/mol. The zero-order valence-corrected chi connectivity index (χ0v) is 10.5. The smallest absolute Gasteiger partial charge is 0.161 e. The van der Waals surface area contributed by atoms with Crippen LogP contribution >= 0.6 is 0 Å². The first-order valence-electron chi connectivity index (χ1n) is 6.29. The molecule has 0 aromatic heterocycles. The van der Waals surface area contributed by atoms with Crippen LogP contribution in [0.3, 0.4) is 0 Å². The molecule has 1 atom stereocenters. The number of rotatable bonds is 2. The first-order valence-corrected chi connectivity index (χ1v) is 6.29. The SMILES string of the molecule is COc1cc2c(cc1OC)CN1CCCC1C2. The van der Waals surface area contributed by atoms with Crippen LogP contribution in [0.2, 0.25) is 0 Å². The van der Waals surface area contributed by atoms with Gasteiger partial charge in [0, 0.05) is 12.6 Å². The summed E-state index contributed by atoms with van der Waals surface area (Å²) in [6, 6.07) is 5.05. The van der Waals surface area contributed by atoms with Gasteiger partial charge in [0.15, 0.2) is 11.5 Å². The highest BCUT2D eigenvalue weighted by atomic mass is 16.5. The Bertz CT molecular complexity index is 391. The molecule has 0 spiro atoms. The maximum Gasteiger partial charge on any atom is 0.161 e. The van der Waals surface area contributed by atoms with Crippen molar-refractivity contribution in [1.29, 1.82) is 0 Å². The Morgan fingerprint density at radius 3 is 2.53 bits per heavy atom. The maximum absolute atomic E-state index is 5.38. The second kappa shape index (κ2) is 4.22. The van der Waals surface area contributed by atoms with Gasteiger partial charge in [-0.25, -0.2) is 0 Å². The fraction of sp³-hybridized carbons (Fsp3) is 0.571. The molecule has 1 fully saturated rings. The van der Waals surface area contributed by atoms with Gasteiger partial charge in [-0.3, -0.25) is 4.90 Å². The van der Waals surface area contributed by atoms with Crippen molar-refractivity contribution in [2.24, 2.45) is 0 Å². The zero-order valence-electron chi connectivity index (χ0n) is 10.5. The van der Waals surface area contributed by atoms with E-state index in [0.29, 0.717) is 0 Å². The van der Waals surface area contributed by atoms with E-state index in [-0.39, 0.29) is 0 Å². The molecule has 1 aromatic rings. The lowest BCUT2D eigenvalue weighted by Gasteiger charge is -2.31. The van der Waals surface area contributed by atoms with E-state index in [1.165, 1.54) is 30.5 Å². The molecule has 1 unspecified atom stereocenters. The minimum Gasteiger partial charge on any atom is -0.493 e. The highest BCUT2D eigenvalue weighted by Crippen LogP contribution is 2.36. The molecular weight excluding hydrogens is 214 g/mol. The second-order valence-corrected chi connectivity index (χ2v) is 4.95. The van der Waals surface area contributed by atoms with Crippen LogP contribution in [0, 0.1) is 0 Å². The van der Waals surface area contributed by atoms with E-state index >= 15 is 0 Å². The van der Waals surface area contributed by atoms with E-state index in [4.69, 9.17) is 9.47 Å². The van der Waals surface area contributed by atoms with Crippen LogP contribution in [-0.2, 0) is 13.0 Å². The van der Waals surface area contributed by atoms with Crippen molar-refractivity contribution in [2.45, 2.75) is 31.8 Å². The van der Waals surface area contributed by atoms with Crippen molar-refractivity contribution in [3.05, 3.63) is 23.3 Å². The van der Waals surface area contributed by atoms with Crippen LogP contribution < -0.4 is 9.47 Å². The molecule has 2 aliphatic rings. The quantitative estimate of drug-likeness (QED) is 0.782. The maximum atomic E-state index is 5.38. The molecule has 2 heterocycles. The molecule has 0 N–H and O–H groups in total. The molecule has 3 rings (SSSR count). The highest BCUT2D eigenvalue weighted by molar-refractivity contribution is 5.48. The Balaban J connectivity index is 1.98. The molecule has 17 heavy (non-hydrogen) atoms. The van der Waals surface area contributed by atoms with Crippen molar-refractivity contribution in [2.75, 3.05) is 20.8 Å². The summed E-state index contributed by atoms with van der Waals surface area (Å²) in [5.74, 6) is 1.71.